The molecule has 132 valence electrons. The molecule has 0 spiro atoms. The molecule has 3 atom stereocenters. The number of ether oxygens (including phenoxy) is 1. The Morgan fingerprint density at radius 1 is 1.32 bits per heavy atom. The molecule has 4 rings (SSSR count). The number of rotatable bonds is 4. The molecule has 6 nitrogen and oxygen atoms in total. The van der Waals surface area contributed by atoms with Gasteiger partial charge in [-0.2, -0.15) is 0 Å². The standard InChI is InChI=1S/C18H22N4O2S/c1-18(2,23)24-14-9-11(8-13(14)15-4-3-7-25-15)22-6-5-12-16(19)20-10-21-17(12)22/h3-7,10-11,13-14,23H,8-9H2,1-2H3,(H2,19,20,21)/t11-,13+,14+/m1/s1. The van der Waals surface area contributed by atoms with Crippen LogP contribution in [0, 0.1) is 0 Å². The third-order valence-electron chi connectivity index (χ3n) is 4.76. The fraction of sp³-hybridized carbons (Fsp3) is 0.444. The molecule has 0 saturated heterocycles. The highest BCUT2D eigenvalue weighted by atomic mass is 32.1. The predicted molar refractivity (Wildman–Crippen MR) is 98.4 cm³/mol. The Morgan fingerprint density at radius 2 is 2.16 bits per heavy atom. The minimum Gasteiger partial charge on any atom is -0.383 e. The summed E-state index contributed by atoms with van der Waals surface area (Å²) >= 11 is 1.74. The lowest BCUT2D eigenvalue weighted by Gasteiger charge is -2.27. The van der Waals surface area contributed by atoms with Gasteiger partial charge in [-0.1, -0.05) is 6.07 Å². The predicted octanol–water partition coefficient (Wildman–Crippen LogP) is 3.31. The highest BCUT2D eigenvalue weighted by molar-refractivity contribution is 7.10. The van der Waals surface area contributed by atoms with Gasteiger partial charge >= 0.3 is 0 Å². The largest absolute Gasteiger partial charge is 0.383 e. The second-order valence-electron chi connectivity index (χ2n) is 7.07. The van der Waals surface area contributed by atoms with Gasteiger partial charge in [0, 0.05) is 23.0 Å². The summed E-state index contributed by atoms with van der Waals surface area (Å²) in [5.74, 6) is -0.394. The van der Waals surface area contributed by atoms with E-state index in [-0.39, 0.29) is 18.1 Å². The first-order valence-electron chi connectivity index (χ1n) is 8.43. The number of hydrogen-bond donors (Lipinski definition) is 2. The molecule has 0 bridgehead atoms. The molecule has 0 radical (unpaired) electrons. The van der Waals surface area contributed by atoms with Crippen molar-refractivity contribution in [3.63, 3.8) is 0 Å². The first-order chi connectivity index (χ1) is 11.9. The van der Waals surface area contributed by atoms with E-state index in [1.54, 1.807) is 25.2 Å². The molecule has 0 amide bonds. The Hall–Kier alpha value is -1.96. The van der Waals surface area contributed by atoms with Crippen LogP contribution in [0.1, 0.15) is 43.5 Å². The van der Waals surface area contributed by atoms with Crippen molar-refractivity contribution in [3.8, 4) is 0 Å². The van der Waals surface area contributed by atoms with Crippen molar-refractivity contribution in [1.82, 2.24) is 14.5 Å². The van der Waals surface area contributed by atoms with Gasteiger partial charge in [-0.3, -0.25) is 0 Å². The van der Waals surface area contributed by atoms with Crippen LogP contribution in [0.2, 0.25) is 0 Å². The Kier molecular flexibility index (Phi) is 4.02. The molecule has 7 heteroatoms. The highest BCUT2D eigenvalue weighted by Crippen LogP contribution is 2.46. The minimum atomic E-state index is -1.15. The number of fused-ring (bicyclic) bond motifs is 1. The quantitative estimate of drug-likeness (QED) is 0.699. The van der Waals surface area contributed by atoms with Gasteiger partial charge in [0.05, 0.1) is 11.5 Å². The summed E-state index contributed by atoms with van der Waals surface area (Å²) in [7, 11) is 0. The third-order valence-corrected chi connectivity index (χ3v) is 5.77. The molecule has 1 aliphatic carbocycles. The zero-order chi connectivity index (χ0) is 17.6. The molecule has 25 heavy (non-hydrogen) atoms. The van der Waals surface area contributed by atoms with Crippen molar-refractivity contribution in [3.05, 3.63) is 41.0 Å². The van der Waals surface area contributed by atoms with Gasteiger partial charge in [0.15, 0.2) is 5.79 Å². The van der Waals surface area contributed by atoms with E-state index in [1.807, 2.05) is 12.3 Å². The molecular formula is C18H22N4O2S. The van der Waals surface area contributed by atoms with E-state index in [0.717, 1.165) is 23.9 Å². The summed E-state index contributed by atoms with van der Waals surface area (Å²) in [5.41, 5.74) is 6.82. The van der Waals surface area contributed by atoms with E-state index in [2.05, 4.69) is 32.0 Å². The molecular weight excluding hydrogens is 336 g/mol. The summed E-state index contributed by atoms with van der Waals surface area (Å²) in [5, 5.41) is 13.1. The molecule has 0 aromatic carbocycles. The van der Waals surface area contributed by atoms with E-state index in [1.165, 1.54) is 11.2 Å². The number of aliphatic hydroxyl groups is 1. The lowest BCUT2D eigenvalue weighted by atomic mass is 10.0. The zero-order valence-electron chi connectivity index (χ0n) is 14.3. The summed E-state index contributed by atoms with van der Waals surface area (Å²) in [6.45, 7) is 3.37. The van der Waals surface area contributed by atoms with E-state index >= 15 is 0 Å². The van der Waals surface area contributed by atoms with E-state index in [4.69, 9.17) is 10.5 Å². The second kappa shape index (κ2) is 6.09. The summed E-state index contributed by atoms with van der Waals surface area (Å²) in [4.78, 5) is 9.78. The monoisotopic (exact) mass is 358 g/mol. The van der Waals surface area contributed by atoms with Crippen molar-refractivity contribution in [2.75, 3.05) is 5.73 Å². The zero-order valence-corrected chi connectivity index (χ0v) is 15.1. The first kappa shape index (κ1) is 16.5. The molecule has 3 aromatic rings. The van der Waals surface area contributed by atoms with Crippen LogP contribution < -0.4 is 5.73 Å². The van der Waals surface area contributed by atoms with Crippen LogP contribution in [0.25, 0.3) is 11.0 Å². The summed E-state index contributed by atoms with van der Waals surface area (Å²) in [6, 6.07) is 6.42. The number of nitrogens with two attached hydrogens (primary N) is 1. The van der Waals surface area contributed by atoms with Gasteiger partial charge in [-0.25, -0.2) is 9.97 Å². The Balaban J connectivity index is 1.68. The number of thiophene rings is 1. The van der Waals surface area contributed by atoms with Gasteiger partial charge in [0.25, 0.3) is 0 Å². The average molecular weight is 358 g/mol. The first-order valence-corrected chi connectivity index (χ1v) is 9.31. The fourth-order valence-electron chi connectivity index (χ4n) is 3.79. The van der Waals surface area contributed by atoms with Gasteiger partial charge in [-0.05, 0) is 44.2 Å². The second-order valence-corrected chi connectivity index (χ2v) is 8.05. The molecule has 3 aromatic heterocycles. The maximum Gasteiger partial charge on any atom is 0.160 e. The minimum absolute atomic E-state index is 0.0414. The van der Waals surface area contributed by atoms with Gasteiger partial charge in [0.1, 0.15) is 17.8 Å². The van der Waals surface area contributed by atoms with Gasteiger partial charge in [0.2, 0.25) is 0 Å². The lowest BCUT2D eigenvalue weighted by molar-refractivity contribution is -0.207. The Labute approximate surface area is 150 Å². The van der Waals surface area contributed by atoms with Crippen LogP contribution >= 0.6 is 11.3 Å². The van der Waals surface area contributed by atoms with Crippen LogP contribution in [-0.2, 0) is 4.74 Å². The third kappa shape index (κ3) is 3.15. The van der Waals surface area contributed by atoms with Crippen molar-refractivity contribution >= 4 is 28.2 Å². The van der Waals surface area contributed by atoms with Crippen LogP contribution in [0.4, 0.5) is 5.82 Å². The number of nitrogens with zero attached hydrogens (tertiary/aromatic N) is 3. The van der Waals surface area contributed by atoms with Crippen molar-refractivity contribution in [2.24, 2.45) is 0 Å². The van der Waals surface area contributed by atoms with Crippen LogP contribution in [0.5, 0.6) is 0 Å². The summed E-state index contributed by atoms with van der Waals surface area (Å²) in [6.07, 6.45) is 5.25. The average Bonchev–Trinajstić information content (AvgIpc) is 3.23. The van der Waals surface area contributed by atoms with Crippen LogP contribution in [-0.4, -0.2) is 31.5 Å². The van der Waals surface area contributed by atoms with Gasteiger partial charge in [-0.15, -0.1) is 11.3 Å². The Bertz CT molecular complexity index is 869. The number of aromatic nitrogens is 3. The van der Waals surface area contributed by atoms with Crippen molar-refractivity contribution in [1.29, 1.82) is 0 Å². The fourth-order valence-corrected chi connectivity index (χ4v) is 4.68. The molecule has 1 saturated carbocycles. The Morgan fingerprint density at radius 3 is 2.88 bits per heavy atom. The molecule has 0 unspecified atom stereocenters. The van der Waals surface area contributed by atoms with Crippen LogP contribution in [0.3, 0.4) is 0 Å². The van der Waals surface area contributed by atoms with E-state index in [9.17, 15) is 5.11 Å². The number of nitrogen functional groups attached to an aromatic ring is 1. The maximum absolute atomic E-state index is 10.2. The SMILES string of the molecule is CC(C)(O)O[C@H]1C[C@H](n2ccc3c(N)ncnc32)C[C@@H]1c1cccs1. The maximum atomic E-state index is 10.2. The number of anilines is 1. The van der Waals surface area contributed by atoms with Crippen molar-refractivity contribution in [2.45, 2.75) is 50.5 Å². The van der Waals surface area contributed by atoms with E-state index < -0.39 is 5.79 Å². The van der Waals surface area contributed by atoms with Crippen LogP contribution in [0.15, 0.2) is 36.1 Å². The molecule has 1 aliphatic rings. The molecule has 3 heterocycles. The number of hydrogen-bond acceptors (Lipinski definition) is 6. The highest BCUT2D eigenvalue weighted by Gasteiger charge is 2.40. The van der Waals surface area contributed by atoms with E-state index in [0.29, 0.717) is 5.82 Å². The molecule has 3 N–H and O–H groups in total. The topological polar surface area (TPSA) is 86.2 Å². The van der Waals surface area contributed by atoms with Crippen molar-refractivity contribution < 1.29 is 9.84 Å². The normalized spacial score (nSPS) is 24.2. The molecule has 0 aliphatic heterocycles. The summed E-state index contributed by atoms with van der Waals surface area (Å²) < 4.78 is 8.16. The molecule has 1 fully saturated rings. The smallest absolute Gasteiger partial charge is 0.160 e. The van der Waals surface area contributed by atoms with Gasteiger partial charge < -0.3 is 20.1 Å². The lowest BCUT2D eigenvalue weighted by Crippen LogP contribution is -2.31.